The van der Waals surface area contributed by atoms with Crippen LogP contribution in [-0.4, -0.2) is 17.0 Å². The third-order valence-electron chi connectivity index (χ3n) is 4.41. The fourth-order valence-electron chi connectivity index (χ4n) is 3.26. The van der Waals surface area contributed by atoms with Gasteiger partial charge in [-0.15, -0.1) is 0 Å². The molecule has 1 aliphatic carbocycles. The van der Waals surface area contributed by atoms with Crippen LogP contribution in [0.2, 0.25) is 0 Å². The summed E-state index contributed by atoms with van der Waals surface area (Å²) in [6, 6.07) is 3.00. The van der Waals surface area contributed by atoms with Crippen molar-refractivity contribution in [1.29, 1.82) is 0 Å². The Labute approximate surface area is 131 Å². The monoisotopic (exact) mass is 307 g/mol. The number of carboxylic acids is 1. The molecule has 22 heavy (non-hydrogen) atoms. The van der Waals surface area contributed by atoms with Crippen LogP contribution in [0.5, 0.6) is 0 Å². The number of aromatic carboxylic acids is 1. The Morgan fingerprint density at radius 1 is 1.36 bits per heavy atom. The minimum absolute atomic E-state index is 0.0574. The Kier molecular flexibility index (Phi) is 6.04. The van der Waals surface area contributed by atoms with Crippen molar-refractivity contribution in [1.82, 2.24) is 5.32 Å². The highest BCUT2D eigenvalue weighted by molar-refractivity contribution is 5.84. The summed E-state index contributed by atoms with van der Waals surface area (Å²) >= 11 is 0. The Hall–Kier alpha value is -1.78. The Bertz CT molecular complexity index is 503. The Balaban J connectivity index is 1.85. The standard InChI is InChI=1S/C17H25NO4/c1-2-5-13(10-12-6-3-4-7-12)16(19)18-11-14-8-9-15(22-14)17(20)21/h8-9,12-13H,2-7,10-11H2,1H3,(H,18,19)(H,20,21). The Morgan fingerprint density at radius 2 is 2.09 bits per heavy atom. The van der Waals surface area contributed by atoms with Crippen LogP contribution in [0.3, 0.4) is 0 Å². The number of amides is 1. The van der Waals surface area contributed by atoms with Crippen LogP contribution in [-0.2, 0) is 11.3 Å². The summed E-state index contributed by atoms with van der Waals surface area (Å²) in [6.07, 6.45) is 7.93. The quantitative estimate of drug-likeness (QED) is 0.769. The van der Waals surface area contributed by atoms with E-state index >= 15 is 0 Å². The predicted octanol–water partition coefficient (Wildman–Crippen LogP) is 3.59. The molecule has 2 N–H and O–H groups in total. The summed E-state index contributed by atoms with van der Waals surface area (Å²) in [7, 11) is 0. The van der Waals surface area contributed by atoms with Gasteiger partial charge in [-0.2, -0.15) is 0 Å². The number of hydrogen-bond donors (Lipinski definition) is 2. The molecular weight excluding hydrogens is 282 g/mol. The molecule has 1 unspecified atom stereocenters. The third-order valence-corrected chi connectivity index (χ3v) is 4.41. The number of rotatable bonds is 8. The van der Waals surface area contributed by atoms with Crippen LogP contribution in [0.4, 0.5) is 0 Å². The van der Waals surface area contributed by atoms with Gasteiger partial charge in [0.05, 0.1) is 6.54 Å². The van der Waals surface area contributed by atoms with Crippen LogP contribution in [0, 0.1) is 11.8 Å². The van der Waals surface area contributed by atoms with E-state index in [1.54, 1.807) is 6.07 Å². The average molecular weight is 307 g/mol. The topological polar surface area (TPSA) is 79.5 Å². The second kappa shape index (κ2) is 8.01. The van der Waals surface area contributed by atoms with Crippen LogP contribution >= 0.6 is 0 Å². The number of hydrogen-bond acceptors (Lipinski definition) is 3. The highest BCUT2D eigenvalue weighted by atomic mass is 16.4. The highest BCUT2D eigenvalue weighted by Crippen LogP contribution is 2.31. The molecule has 0 spiro atoms. The molecule has 0 aromatic carbocycles. The summed E-state index contributed by atoms with van der Waals surface area (Å²) in [4.78, 5) is 23.1. The van der Waals surface area contributed by atoms with Gasteiger partial charge in [0.15, 0.2) is 0 Å². The van der Waals surface area contributed by atoms with Gasteiger partial charge in [0, 0.05) is 5.92 Å². The lowest BCUT2D eigenvalue weighted by Crippen LogP contribution is -2.31. The van der Waals surface area contributed by atoms with Crippen LogP contribution < -0.4 is 5.32 Å². The van der Waals surface area contributed by atoms with Crippen molar-refractivity contribution in [2.24, 2.45) is 11.8 Å². The second-order valence-corrected chi connectivity index (χ2v) is 6.16. The summed E-state index contributed by atoms with van der Waals surface area (Å²) in [5.41, 5.74) is 0. The molecule has 0 aliphatic heterocycles. The van der Waals surface area contributed by atoms with Crippen LogP contribution in [0.15, 0.2) is 16.5 Å². The molecule has 5 heteroatoms. The highest BCUT2D eigenvalue weighted by Gasteiger charge is 2.24. The molecule has 1 saturated carbocycles. The maximum absolute atomic E-state index is 12.4. The molecule has 0 bridgehead atoms. The summed E-state index contributed by atoms with van der Waals surface area (Å²) in [5.74, 6) is 0.0819. The fourth-order valence-corrected chi connectivity index (χ4v) is 3.26. The van der Waals surface area contributed by atoms with Crippen molar-refractivity contribution in [3.63, 3.8) is 0 Å². The molecular formula is C17H25NO4. The number of carbonyl (C=O) groups excluding carboxylic acids is 1. The number of carboxylic acid groups (broad SMARTS) is 1. The molecule has 2 rings (SSSR count). The molecule has 1 aromatic heterocycles. The lowest BCUT2D eigenvalue weighted by molar-refractivity contribution is -0.126. The SMILES string of the molecule is CCCC(CC1CCCC1)C(=O)NCc1ccc(C(=O)O)o1. The molecule has 1 aliphatic rings. The fraction of sp³-hybridized carbons (Fsp3) is 0.647. The van der Waals surface area contributed by atoms with Gasteiger partial charge >= 0.3 is 5.97 Å². The summed E-state index contributed by atoms with van der Waals surface area (Å²) in [5, 5.41) is 11.7. The molecule has 5 nitrogen and oxygen atoms in total. The van der Waals surface area contributed by atoms with Crippen LogP contribution in [0.1, 0.15) is 68.2 Å². The van der Waals surface area contributed by atoms with Gasteiger partial charge < -0.3 is 14.8 Å². The van der Waals surface area contributed by atoms with E-state index in [1.165, 1.54) is 31.7 Å². The molecule has 0 saturated heterocycles. The lowest BCUT2D eigenvalue weighted by Gasteiger charge is -2.19. The molecule has 1 aromatic rings. The van der Waals surface area contributed by atoms with Gasteiger partial charge in [-0.1, -0.05) is 39.0 Å². The van der Waals surface area contributed by atoms with Gasteiger partial charge in [-0.05, 0) is 30.9 Å². The Morgan fingerprint density at radius 3 is 2.68 bits per heavy atom. The van der Waals surface area contributed by atoms with Crippen molar-refractivity contribution in [3.05, 3.63) is 23.7 Å². The van der Waals surface area contributed by atoms with Gasteiger partial charge in [0.25, 0.3) is 0 Å². The van der Waals surface area contributed by atoms with Crippen LogP contribution in [0.25, 0.3) is 0 Å². The van der Waals surface area contributed by atoms with E-state index in [9.17, 15) is 9.59 Å². The molecule has 0 radical (unpaired) electrons. The first-order valence-corrected chi connectivity index (χ1v) is 8.19. The summed E-state index contributed by atoms with van der Waals surface area (Å²) < 4.78 is 5.15. The predicted molar refractivity (Wildman–Crippen MR) is 82.5 cm³/mol. The first-order chi connectivity index (χ1) is 10.6. The minimum Gasteiger partial charge on any atom is -0.475 e. The van der Waals surface area contributed by atoms with Gasteiger partial charge in [-0.25, -0.2) is 4.79 Å². The van der Waals surface area contributed by atoms with Gasteiger partial charge in [0.2, 0.25) is 11.7 Å². The molecule has 1 fully saturated rings. The van der Waals surface area contributed by atoms with Crippen molar-refractivity contribution in [3.8, 4) is 0 Å². The molecule has 1 heterocycles. The van der Waals surface area contributed by atoms with Crippen molar-refractivity contribution < 1.29 is 19.1 Å². The minimum atomic E-state index is -1.09. The molecule has 122 valence electrons. The second-order valence-electron chi connectivity index (χ2n) is 6.16. The van der Waals surface area contributed by atoms with E-state index in [1.807, 2.05) is 0 Å². The number of carbonyl (C=O) groups is 2. The van der Waals surface area contributed by atoms with E-state index in [0.717, 1.165) is 19.3 Å². The van der Waals surface area contributed by atoms with Crippen molar-refractivity contribution in [2.75, 3.05) is 0 Å². The number of nitrogens with one attached hydrogen (secondary N) is 1. The summed E-state index contributed by atoms with van der Waals surface area (Å²) in [6.45, 7) is 2.34. The largest absolute Gasteiger partial charge is 0.475 e. The smallest absolute Gasteiger partial charge is 0.371 e. The van der Waals surface area contributed by atoms with E-state index in [2.05, 4.69) is 12.2 Å². The van der Waals surface area contributed by atoms with E-state index in [4.69, 9.17) is 9.52 Å². The average Bonchev–Trinajstić information content (AvgIpc) is 3.15. The third kappa shape index (κ3) is 4.61. The maximum Gasteiger partial charge on any atom is 0.371 e. The molecule has 1 amide bonds. The van der Waals surface area contributed by atoms with Crippen molar-refractivity contribution >= 4 is 11.9 Å². The number of furan rings is 1. The normalized spacial score (nSPS) is 16.6. The van der Waals surface area contributed by atoms with E-state index in [-0.39, 0.29) is 24.1 Å². The zero-order valence-corrected chi connectivity index (χ0v) is 13.1. The first-order valence-electron chi connectivity index (χ1n) is 8.19. The van der Waals surface area contributed by atoms with Gasteiger partial charge in [-0.3, -0.25) is 4.79 Å². The maximum atomic E-state index is 12.4. The van der Waals surface area contributed by atoms with Gasteiger partial charge in [0.1, 0.15) is 5.76 Å². The van der Waals surface area contributed by atoms with E-state index < -0.39 is 5.97 Å². The zero-order valence-electron chi connectivity index (χ0n) is 13.1. The van der Waals surface area contributed by atoms with Crippen molar-refractivity contribution in [2.45, 2.75) is 58.4 Å². The van der Waals surface area contributed by atoms with E-state index in [0.29, 0.717) is 11.7 Å². The molecule has 1 atom stereocenters. The first kappa shape index (κ1) is 16.6. The zero-order chi connectivity index (χ0) is 15.9. The lowest BCUT2D eigenvalue weighted by atomic mass is 9.89.